The summed E-state index contributed by atoms with van der Waals surface area (Å²) in [5.41, 5.74) is 1.51. The molecule has 1 N–H and O–H groups in total. The van der Waals surface area contributed by atoms with Crippen LogP contribution in [0.3, 0.4) is 0 Å². The molecule has 0 bridgehead atoms. The molecule has 0 aliphatic heterocycles. The molecular formula is C20H19NO4. The molecule has 128 valence electrons. The Labute approximate surface area is 144 Å². The third-order valence-electron chi connectivity index (χ3n) is 4.48. The van der Waals surface area contributed by atoms with Crippen molar-refractivity contribution in [2.45, 2.75) is 38.3 Å². The quantitative estimate of drug-likeness (QED) is 0.725. The fourth-order valence-corrected chi connectivity index (χ4v) is 3.00. The minimum atomic E-state index is -0.789. The summed E-state index contributed by atoms with van der Waals surface area (Å²) in [7, 11) is 0. The molecule has 3 aromatic rings. The second-order valence-corrected chi connectivity index (χ2v) is 6.51. The van der Waals surface area contributed by atoms with Crippen molar-refractivity contribution < 1.29 is 18.7 Å². The number of nitrogens with one attached hydrogen (secondary N) is 1. The maximum Gasteiger partial charge on any atom is 0.311 e. The molecule has 1 amide bonds. The van der Waals surface area contributed by atoms with Crippen LogP contribution in [-0.4, -0.2) is 24.0 Å². The van der Waals surface area contributed by atoms with Crippen molar-refractivity contribution in [3.8, 4) is 0 Å². The number of ether oxygens (including phenoxy) is 1. The van der Waals surface area contributed by atoms with E-state index in [1.54, 1.807) is 13.2 Å². The number of hydrogen-bond acceptors (Lipinski definition) is 4. The molecule has 0 spiro atoms. The fraction of sp³-hybridized carbons (Fsp3) is 0.300. The van der Waals surface area contributed by atoms with E-state index in [0.29, 0.717) is 0 Å². The van der Waals surface area contributed by atoms with E-state index in [1.807, 2.05) is 36.4 Å². The van der Waals surface area contributed by atoms with Crippen molar-refractivity contribution in [1.29, 1.82) is 0 Å². The molecule has 0 radical (unpaired) electrons. The molecule has 0 saturated heterocycles. The summed E-state index contributed by atoms with van der Waals surface area (Å²) in [6.07, 6.45) is 2.87. The zero-order chi connectivity index (χ0) is 17.4. The summed E-state index contributed by atoms with van der Waals surface area (Å²) < 4.78 is 10.9. The Bertz CT molecular complexity index is 955. The lowest BCUT2D eigenvalue weighted by molar-refractivity contribution is -0.154. The van der Waals surface area contributed by atoms with Crippen LogP contribution in [0.4, 0.5) is 0 Å². The topological polar surface area (TPSA) is 68.5 Å². The van der Waals surface area contributed by atoms with Crippen molar-refractivity contribution in [1.82, 2.24) is 5.32 Å². The number of esters is 1. The van der Waals surface area contributed by atoms with Gasteiger partial charge in [0.2, 0.25) is 0 Å². The highest BCUT2D eigenvalue weighted by atomic mass is 16.5. The van der Waals surface area contributed by atoms with Crippen LogP contribution < -0.4 is 5.32 Å². The molecular weight excluding hydrogens is 318 g/mol. The Hall–Kier alpha value is -2.82. The van der Waals surface area contributed by atoms with Gasteiger partial charge in [-0.1, -0.05) is 30.3 Å². The Morgan fingerprint density at radius 2 is 2.04 bits per heavy atom. The Kier molecular flexibility index (Phi) is 3.92. The lowest BCUT2D eigenvalue weighted by Gasteiger charge is -2.13. The third kappa shape index (κ3) is 3.22. The largest absolute Gasteiger partial charge is 0.464 e. The SMILES string of the molecule is C[C@H](OC(=O)Cc1coc2ccc3ccccc3c12)C(=O)NC1CC1. The van der Waals surface area contributed by atoms with Crippen molar-refractivity contribution >= 4 is 33.6 Å². The smallest absolute Gasteiger partial charge is 0.311 e. The van der Waals surface area contributed by atoms with Gasteiger partial charge in [-0.25, -0.2) is 0 Å². The first-order valence-electron chi connectivity index (χ1n) is 8.49. The second kappa shape index (κ2) is 6.24. The summed E-state index contributed by atoms with van der Waals surface area (Å²) >= 11 is 0. The van der Waals surface area contributed by atoms with E-state index < -0.39 is 12.1 Å². The zero-order valence-corrected chi connectivity index (χ0v) is 14.0. The molecule has 1 aliphatic rings. The van der Waals surface area contributed by atoms with Crippen LogP contribution in [0.1, 0.15) is 25.3 Å². The van der Waals surface area contributed by atoms with Crippen LogP contribution in [0.25, 0.3) is 21.7 Å². The molecule has 1 atom stereocenters. The zero-order valence-electron chi connectivity index (χ0n) is 14.0. The predicted molar refractivity (Wildman–Crippen MR) is 94.1 cm³/mol. The average molecular weight is 337 g/mol. The summed E-state index contributed by atoms with van der Waals surface area (Å²) in [6.45, 7) is 1.60. The van der Waals surface area contributed by atoms with Crippen LogP contribution in [0.2, 0.25) is 0 Å². The first-order chi connectivity index (χ1) is 12.1. The summed E-state index contributed by atoms with van der Waals surface area (Å²) in [5, 5.41) is 5.88. The minimum Gasteiger partial charge on any atom is -0.464 e. The van der Waals surface area contributed by atoms with Gasteiger partial charge in [-0.15, -0.1) is 0 Å². The molecule has 5 heteroatoms. The molecule has 4 rings (SSSR count). The Balaban J connectivity index is 1.53. The van der Waals surface area contributed by atoms with Crippen molar-refractivity contribution in [2.24, 2.45) is 0 Å². The van der Waals surface area contributed by atoms with Gasteiger partial charge in [0, 0.05) is 17.0 Å². The van der Waals surface area contributed by atoms with Crippen LogP contribution in [0, 0.1) is 0 Å². The fourth-order valence-electron chi connectivity index (χ4n) is 3.00. The first kappa shape index (κ1) is 15.7. The second-order valence-electron chi connectivity index (χ2n) is 6.51. The molecule has 1 fully saturated rings. The Morgan fingerprint density at radius 1 is 1.24 bits per heavy atom. The van der Waals surface area contributed by atoms with Gasteiger partial charge in [0.15, 0.2) is 6.10 Å². The van der Waals surface area contributed by atoms with E-state index in [-0.39, 0.29) is 18.4 Å². The number of hydrogen-bond donors (Lipinski definition) is 1. The van der Waals surface area contributed by atoms with Gasteiger partial charge in [-0.3, -0.25) is 9.59 Å². The molecule has 25 heavy (non-hydrogen) atoms. The summed E-state index contributed by atoms with van der Waals surface area (Å²) in [4.78, 5) is 24.2. The van der Waals surface area contributed by atoms with E-state index in [0.717, 1.165) is 40.1 Å². The first-order valence-corrected chi connectivity index (χ1v) is 8.49. The maximum absolute atomic E-state index is 12.3. The van der Waals surface area contributed by atoms with Crippen LogP contribution >= 0.6 is 0 Å². The lowest BCUT2D eigenvalue weighted by Crippen LogP contribution is -2.37. The number of benzene rings is 2. The molecule has 1 heterocycles. The average Bonchev–Trinajstić information content (AvgIpc) is 3.33. The highest BCUT2D eigenvalue weighted by molar-refractivity contribution is 6.08. The molecule has 2 aromatic carbocycles. The van der Waals surface area contributed by atoms with Gasteiger partial charge in [0.25, 0.3) is 5.91 Å². The van der Waals surface area contributed by atoms with Crippen molar-refractivity contribution in [3.05, 3.63) is 48.2 Å². The minimum absolute atomic E-state index is 0.0715. The van der Waals surface area contributed by atoms with E-state index >= 15 is 0 Å². The Morgan fingerprint density at radius 3 is 2.84 bits per heavy atom. The molecule has 0 unspecified atom stereocenters. The van der Waals surface area contributed by atoms with Gasteiger partial charge >= 0.3 is 5.97 Å². The van der Waals surface area contributed by atoms with Gasteiger partial charge in [-0.05, 0) is 36.6 Å². The van der Waals surface area contributed by atoms with Gasteiger partial charge in [0.05, 0.1) is 12.7 Å². The van der Waals surface area contributed by atoms with E-state index in [9.17, 15) is 9.59 Å². The number of fused-ring (bicyclic) bond motifs is 3. The number of rotatable bonds is 5. The van der Waals surface area contributed by atoms with Crippen molar-refractivity contribution in [3.63, 3.8) is 0 Å². The normalized spacial score (nSPS) is 15.2. The molecule has 1 aromatic heterocycles. The molecule has 1 saturated carbocycles. The highest BCUT2D eigenvalue weighted by Gasteiger charge is 2.27. The van der Waals surface area contributed by atoms with Crippen molar-refractivity contribution in [2.75, 3.05) is 0 Å². The molecule has 1 aliphatic carbocycles. The molecule has 5 nitrogen and oxygen atoms in total. The van der Waals surface area contributed by atoms with Crippen LogP contribution in [-0.2, 0) is 20.7 Å². The van der Waals surface area contributed by atoms with Gasteiger partial charge in [0.1, 0.15) is 5.58 Å². The standard InChI is InChI=1S/C20H19NO4/c1-12(20(23)21-15-7-8-15)25-18(22)10-14-11-24-17-9-6-13-4-2-3-5-16(13)19(14)17/h2-6,9,11-12,15H,7-8,10H2,1H3,(H,21,23)/t12-/m0/s1. The van der Waals surface area contributed by atoms with E-state index in [2.05, 4.69) is 5.32 Å². The van der Waals surface area contributed by atoms with E-state index in [4.69, 9.17) is 9.15 Å². The monoisotopic (exact) mass is 337 g/mol. The van der Waals surface area contributed by atoms with Crippen LogP contribution in [0.15, 0.2) is 47.1 Å². The van der Waals surface area contributed by atoms with Gasteiger partial charge < -0.3 is 14.5 Å². The number of carbonyl (C=O) groups excluding carboxylic acids is 2. The van der Waals surface area contributed by atoms with Gasteiger partial charge in [-0.2, -0.15) is 0 Å². The third-order valence-corrected chi connectivity index (χ3v) is 4.48. The van der Waals surface area contributed by atoms with Crippen LogP contribution in [0.5, 0.6) is 0 Å². The summed E-state index contributed by atoms with van der Waals surface area (Å²) in [5.74, 6) is -0.674. The number of carbonyl (C=O) groups is 2. The lowest BCUT2D eigenvalue weighted by atomic mass is 10.0. The predicted octanol–water partition coefficient (Wildman–Crippen LogP) is 3.34. The summed E-state index contributed by atoms with van der Waals surface area (Å²) in [6, 6.07) is 12.1. The number of amides is 1. The maximum atomic E-state index is 12.3. The van der Waals surface area contributed by atoms with E-state index in [1.165, 1.54) is 0 Å². The highest BCUT2D eigenvalue weighted by Crippen LogP contribution is 2.30. The number of furan rings is 1.